The van der Waals surface area contributed by atoms with Crippen LogP contribution in [0.3, 0.4) is 0 Å². The van der Waals surface area contributed by atoms with Gasteiger partial charge in [-0.15, -0.1) is 0 Å². The lowest BCUT2D eigenvalue weighted by atomic mass is 9.99. The number of amides is 2. The first-order chi connectivity index (χ1) is 12.1. The van der Waals surface area contributed by atoms with Crippen LogP contribution in [0.15, 0.2) is 30.6 Å². The Kier molecular flexibility index (Phi) is 5.68. The Bertz CT molecular complexity index is 740. The lowest BCUT2D eigenvalue weighted by molar-refractivity contribution is -0.134. The number of nitrogens with one attached hydrogen (secondary N) is 1. The van der Waals surface area contributed by atoms with Crippen LogP contribution in [0.4, 0.5) is 0 Å². The standard InChI is InChI=1S/C19H26N4O2/c1-15(24)23-12-5-4-7-16(23)13-19(25)20-10-6-11-22-14-21-17-8-2-3-9-18(17)22/h2-3,8-9,14,16H,4-7,10-13H2,1H3,(H,20,25). The monoisotopic (exact) mass is 342 g/mol. The first-order valence-electron chi connectivity index (χ1n) is 9.09. The van der Waals surface area contributed by atoms with Gasteiger partial charge in [0, 0.05) is 39.0 Å². The molecule has 1 saturated heterocycles. The highest BCUT2D eigenvalue weighted by Gasteiger charge is 2.26. The van der Waals surface area contributed by atoms with Crippen molar-refractivity contribution >= 4 is 22.8 Å². The topological polar surface area (TPSA) is 67.2 Å². The van der Waals surface area contributed by atoms with E-state index in [4.69, 9.17) is 0 Å². The number of rotatable bonds is 6. The molecule has 6 heteroatoms. The molecule has 1 atom stereocenters. The van der Waals surface area contributed by atoms with E-state index >= 15 is 0 Å². The normalized spacial score (nSPS) is 17.6. The molecule has 2 heterocycles. The molecule has 1 fully saturated rings. The van der Waals surface area contributed by atoms with Crippen LogP contribution >= 0.6 is 0 Å². The average molecular weight is 342 g/mol. The zero-order valence-electron chi connectivity index (χ0n) is 14.8. The number of aromatic nitrogens is 2. The van der Waals surface area contributed by atoms with Gasteiger partial charge in [0.05, 0.1) is 17.4 Å². The number of hydrogen-bond donors (Lipinski definition) is 1. The zero-order chi connectivity index (χ0) is 17.6. The first kappa shape index (κ1) is 17.5. The summed E-state index contributed by atoms with van der Waals surface area (Å²) in [4.78, 5) is 30.1. The third-order valence-electron chi connectivity index (χ3n) is 4.88. The molecule has 0 radical (unpaired) electrons. The molecule has 0 saturated carbocycles. The predicted octanol–water partition coefficient (Wildman–Crippen LogP) is 2.33. The smallest absolute Gasteiger partial charge is 0.222 e. The fourth-order valence-corrected chi connectivity index (χ4v) is 3.58. The van der Waals surface area contributed by atoms with Gasteiger partial charge in [0.15, 0.2) is 0 Å². The highest BCUT2D eigenvalue weighted by atomic mass is 16.2. The highest BCUT2D eigenvalue weighted by Crippen LogP contribution is 2.19. The number of benzene rings is 1. The number of carbonyl (C=O) groups excluding carboxylic acids is 2. The maximum absolute atomic E-state index is 12.2. The molecule has 1 aliphatic heterocycles. The Morgan fingerprint density at radius 2 is 2.12 bits per heavy atom. The van der Waals surface area contributed by atoms with Crippen molar-refractivity contribution in [1.82, 2.24) is 19.8 Å². The maximum atomic E-state index is 12.2. The van der Waals surface area contributed by atoms with Gasteiger partial charge in [-0.1, -0.05) is 12.1 Å². The summed E-state index contributed by atoms with van der Waals surface area (Å²) in [7, 11) is 0. The van der Waals surface area contributed by atoms with E-state index in [-0.39, 0.29) is 17.9 Å². The Morgan fingerprint density at radius 1 is 1.28 bits per heavy atom. The zero-order valence-corrected chi connectivity index (χ0v) is 14.8. The maximum Gasteiger partial charge on any atom is 0.222 e. The quantitative estimate of drug-likeness (QED) is 0.819. The fraction of sp³-hybridized carbons (Fsp3) is 0.526. The van der Waals surface area contributed by atoms with Gasteiger partial charge in [-0.2, -0.15) is 0 Å². The summed E-state index contributed by atoms with van der Waals surface area (Å²) in [5.74, 6) is 0.109. The molecular formula is C19H26N4O2. The van der Waals surface area contributed by atoms with Crippen molar-refractivity contribution in [3.8, 4) is 0 Å². The highest BCUT2D eigenvalue weighted by molar-refractivity contribution is 5.79. The second kappa shape index (κ2) is 8.14. The Labute approximate surface area is 148 Å². The molecule has 0 bridgehead atoms. The first-order valence-corrected chi connectivity index (χ1v) is 9.09. The molecule has 1 N–H and O–H groups in total. The summed E-state index contributed by atoms with van der Waals surface area (Å²) in [5, 5.41) is 2.99. The fourth-order valence-electron chi connectivity index (χ4n) is 3.58. The van der Waals surface area contributed by atoms with E-state index in [0.29, 0.717) is 13.0 Å². The summed E-state index contributed by atoms with van der Waals surface area (Å²) in [6.07, 6.45) is 6.17. The number of hydrogen-bond acceptors (Lipinski definition) is 3. The number of fused-ring (bicyclic) bond motifs is 1. The van der Waals surface area contributed by atoms with Gasteiger partial charge in [0.2, 0.25) is 11.8 Å². The average Bonchev–Trinajstić information content (AvgIpc) is 3.02. The minimum atomic E-state index is 0.0358. The Balaban J connectivity index is 1.42. The van der Waals surface area contributed by atoms with Crippen LogP contribution in [-0.4, -0.2) is 45.4 Å². The second-order valence-electron chi connectivity index (χ2n) is 6.70. The molecule has 1 aliphatic rings. The Hall–Kier alpha value is -2.37. The van der Waals surface area contributed by atoms with E-state index in [2.05, 4.69) is 20.9 Å². The van der Waals surface area contributed by atoms with Gasteiger partial charge in [0.25, 0.3) is 0 Å². The van der Waals surface area contributed by atoms with Crippen molar-refractivity contribution in [3.63, 3.8) is 0 Å². The third kappa shape index (κ3) is 4.38. The summed E-state index contributed by atoms with van der Waals surface area (Å²) in [5.41, 5.74) is 2.11. The van der Waals surface area contributed by atoms with Crippen molar-refractivity contribution in [2.45, 2.75) is 51.6 Å². The summed E-state index contributed by atoms with van der Waals surface area (Å²) < 4.78 is 2.11. The molecule has 2 amide bonds. The predicted molar refractivity (Wildman–Crippen MR) is 97.0 cm³/mol. The minimum Gasteiger partial charge on any atom is -0.356 e. The molecule has 3 rings (SSSR count). The number of aryl methyl sites for hydroxylation is 1. The summed E-state index contributed by atoms with van der Waals surface area (Å²) in [6, 6.07) is 8.10. The van der Waals surface area contributed by atoms with Gasteiger partial charge in [-0.05, 0) is 37.8 Å². The third-order valence-corrected chi connectivity index (χ3v) is 4.88. The van der Waals surface area contributed by atoms with Crippen molar-refractivity contribution in [1.29, 1.82) is 0 Å². The Morgan fingerprint density at radius 3 is 2.96 bits per heavy atom. The van der Waals surface area contributed by atoms with Gasteiger partial charge in [-0.3, -0.25) is 9.59 Å². The number of piperidine rings is 1. The lowest BCUT2D eigenvalue weighted by Crippen LogP contribution is -2.45. The van der Waals surface area contributed by atoms with E-state index in [0.717, 1.165) is 49.8 Å². The molecule has 134 valence electrons. The molecular weight excluding hydrogens is 316 g/mol. The second-order valence-corrected chi connectivity index (χ2v) is 6.70. The van der Waals surface area contributed by atoms with Crippen LogP contribution in [0, 0.1) is 0 Å². The van der Waals surface area contributed by atoms with Gasteiger partial charge >= 0.3 is 0 Å². The van der Waals surface area contributed by atoms with Crippen LogP contribution < -0.4 is 5.32 Å². The van der Waals surface area contributed by atoms with Crippen molar-refractivity contribution in [3.05, 3.63) is 30.6 Å². The van der Waals surface area contributed by atoms with Crippen LogP contribution in [0.2, 0.25) is 0 Å². The largest absolute Gasteiger partial charge is 0.356 e. The number of carbonyl (C=O) groups is 2. The summed E-state index contributed by atoms with van der Waals surface area (Å²) >= 11 is 0. The van der Waals surface area contributed by atoms with E-state index in [1.165, 1.54) is 0 Å². The van der Waals surface area contributed by atoms with E-state index < -0.39 is 0 Å². The van der Waals surface area contributed by atoms with E-state index in [1.54, 1.807) is 6.92 Å². The van der Waals surface area contributed by atoms with Crippen LogP contribution in [0.5, 0.6) is 0 Å². The molecule has 0 spiro atoms. The number of nitrogens with zero attached hydrogens (tertiary/aromatic N) is 3. The molecule has 25 heavy (non-hydrogen) atoms. The number of para-hydroxylation sites is 2. The van der Waals surface area contributed by atoms with E-state index in [1.807, 2.05) is 29.4 Å². The van der Waals surface area contributed by atoms with E-state index in [9.17, 15) is 9.59 Å². The van der Waals surface area contributed by atoms with Gasteiger partial charge in [0.1, 0.15) is 0 Å². The molecule has 1 aromatic carbocycles. The van der Waals surface area contributed by atoms with Crippen LogP contribution in [0.1, 0.15) is 39.0 Å². The van der Waals surface area contributed by atoms with Gasteiger partial charge in [-0.25, -0.2) is 4.98 Å². The minimum absolute atomic E-state index is 0.0358. The number of imidazole rings is 1. The van der Waals surface area contributed by atoms with Crippen LogP contribution in [-0.2, 0) is 16.1 Å². The van der Waals surface area contributed by atoms with Crippen molar-refractivity contribution in [2.75, 3.05) is 13.1 Å². The van der Waals surface area contributed by atoms with Gasteiger partial charge < -0.3 is 14.8 Å². The van der Waals surface area contributed by atoms with Crippen LogP contribution in [0.25, 0.3) is 11.0 Å². The lowest BCUT2D eigenvalue weighted by Gasteiger charge is -2.34. The summed E-state index contributed by atoms with van der Waals surface area (Å²) in [6.45, 7) is 3.83. The molecule has 0 aliphatic carbocycles. The number of likely N-dealkylation sites (tertiary alicyclic amines) is 1. The molecule has 1 aromatic heterocycles. The SMILES string of the molecule is CC(=O)N1CCCCC1CC(=O)NCCCn1cnc2ccccc21. The van der Waals surface area contributed by atoms with Crippen molar-refractivity contribution in [2.24, 2.45) is 0 Å². The van der Waals surface area contributed by atoms with Crippen molar-refractivity contribution < 1.29 is 9.59 Å². The molecule has 6 nitrogen and oxygen atoms in total. The molecule has 2 aromatic rings. The molecule has 1 unspecified atom stereocenters.